The number of carboxylic acids is 1. The quantitative estimate of drug-likeness (QED) is 0.740. The van der Waals surface area contributed by atoms with E-state index in [0.717, 1.165) is 0 Å². The van der Waals surface area contributed by atoms with Gasteiger partial charge in [0, 0.05) is 11.3 Å². The molecule has 0 spiro atoms. The molecule has 15 heavy (non-hydrogen) atoms. The Bertz CT molecular complexity index is 361. The Labute approximate surface area is 88.7 Å². The number of nitrogens with two attached hydrogens (primary N) is 1. The van der Waals surface area contributed by atoms with E-state index in [1.165, 1.54) is 0 Å². The van der Waals surface area contributed by atoms with Crippen LogP contribution in [-0.4, -0.2) is 17.2 Å². The molecule has 1 aromatic carbocycles. The Hall–Kier alpha value is -1.71. The topological polar surface area (TPSA) is 72.5 Å². The van der Waals surface area contributed by atoms with E-state index in [4.69, 9.17) is 15.6 Å². The summed E-state index contributed by atoms with van der Waals surface area (Å²) in [5.74, 6) is -0.309. The van der Waals surface area contributed by atoms with Gasteiger partial charge in [-0.3, -0.25) is 4.79 Å². The van der Waals surface area contributed by atoms with Crippen LogP contribution in [0.4, 0.5) is 5.69 Å². The minimum Gasteiger partial charge on any atom is -0.491 e. The Morgan fingerprint density at radius 1 is 1.53 bits per heavy atom. The van der Waals surface area contributed by atoms with Gasteiger partial charge in [-0.2, -0.15) is 0 Å². The molecule has 1 rings (SSSR count). The van der Waals surface area contributed by atoms with Crippen molar-refractivity contribution in [3.8, 4) is 5.75 Å². The number of rotatable bonds is 4. The normalized spacial score (nSPS) is 10.3. The lowest BCUT2D eigenvalue weighted by atomic mass is 10.1. The second kappa shape index (κ2) is 4.68. The third-order valence-electron chi connectivity index (χ3n) is 1.79. The van der Waals surface area contributed by atoms with Gasteiger partial charge in [-0.05, 0) is 32.0 Å². The highest BCUT2D eigenvalue weighted by Gasteiger charge is 2.09. The van der Waals surface area contributed by atoms with Gasteiger partial charge in [-0.15, -0.1) is 0 Å². The average Bonchev–Trinajstić information content (AvgIpc) is 2.08. The molecule has 0 aliphatic heterocycles. The fourth-order valence-electron chi connectivity index (χ4n) is 1.27. The zero-order valence-electron chi connectivity index (χ0n) is 8.86. The van der Waals surface area contributed by atoms with Gasteiger partial charge in [0.2, 0.25) is 0 Å². The summed E-state index contributed by atoms with van der Waals surface area (Å²) < 4.78 is 5.48. The number of benzene rings is 1. The Morgan fingerprint density at radius 2 is 2.20 bits per heavy atom. The van der Waals surface area contributed by atoms with Crippen LogP contribution in [-0.2, 0) is 11.2 Å². The lowest BCUT2D eigenvalue weighted by Crippen LogP contribution is -2.10. The van der Waals surface area contributed by atoms with Gasteiger partial charge in [0.1, 0.15) is 5.75 Å². The fourth-order valence-corrected chi connectivity index (χ4v) is 1.27. The maximum atomic E-state index is 10.6. The van der Waals surface area contributed by atoms with E-state index in [0.29, 0.717) is 17.0 Å². The Morgan fingerprint density at radius 3 is 2.73 bits per heavy atom. The third kappa shape index (κ3) is 3.50. The molecule has 0 unspecified atom stereocenters. The first-order valence-electron chi connectivity index (χ1n) is 4.76. The van der Waals surface area contributed by atoms with Crippen LogP contribution in [0.5, 0.6) is 5.75 Å². The number of aliphatic carboxylic acids is 1. The average molecular weight is 209 g/mol. The molecule has 4 nitrogen and oxygen atoms in total. The van der Waals surface area contributed by atoms with E-state index in [9.17, 15) is 4.79 Å². The van der Waals surface area contributed by atoms with Crippen molar-refractivity contribution in [3.63, 3.8) is 0 Å². The number of carboxylic acid groups (broad SMARTS) is 1. The van der Waals surface area contributed by atoms with Gasteiger partial charge in [0.15, 0.2) is 0 Å². The van der Waals surface area contributed by atoms with E-state index in [1.54, 1.807) is 18.2 Å². The van der Waals surface area contributed by atoms with E-state index < -0.39 is 5.97 Å². The number of ether oxygens (including phenoxy) is 1. The van der Waals surface area contributed by atoms with Crippen molar-refractivity contribution in [3.05, 3.63) is 23.8 Å². The van der Waals surface area contributed by atoms with Gasteiger partial charge < -0.3 is 15.6 Å². The summed E-state index contributed by atoms with van der Waals surface area (Å²) >= 11 is 0. The molecule has 0 atom stereocenters. The van der Waals surface area contributed by atoms with Gasteiger partial charge in [0.25, 0.3) is 0 Å². The van der Waals surface area contributed by atoms with E-state index >= 15 is 0 Å². The fraction of sp³-hybridized carbons (Fsp3) is 0.364. The minimum absolute atomic E-state index is 0.0150. The molecule has 0 amide bonds. The summed E-state index contributed by atoms with van der Waals surface area (Å²) in [5, 5.41) is 8.72. The van der Waals surface area contributed by atoms with Crippen LogP contribution in [0.2, 0.25) is 0 Å². The van der Waals surface area contributed by atoms with Crippen molar-refractivity contribution in [1.29, 1.82) is 0 Å². The molecule has 82 valence electrons. The molecular weight excluding hydrogens is 194 g/mol. The number of carbonyl (C=O) groups is 1. The van der Waals surface area contributed by atoms with Crippen molar-refractivity contribution in [2.75, 3.05) is 5.73 Å². The summed E-state index contributed by atoms with van der Waals surface area (Å²) in [6.45, 7) is 3.78. The second-order valence-electron chi connectivity index (χ2n) is 3.60. The van der Waals surface area contributed by atoms with E-state index in [2.05, 4.69) is 0 Å². The summed E-state index contributed by atoms with van der Waals surface area (Å²) in [7, 11) is 0. The van der Waals surface area contributed by atoms with Crippen molar-refractivity contribution in [2.24, 2.45) is 0 Å². The predicted octanol–water partition coefficient (Wildman–Crippen LogP) is 1.68. The molecule has 1 aromatic rings. The van der Waals surface area contributed by atoms with Crippen LogP contribution in [0.1, 0.15) is 19.4 Å². The van der Waals surface area contributed by atoms with Crippen molar-refractivity contribution in [2.45, 2.75) is 26.4 Å². The zero-order valence-corrected chi connectivity index (χ0v) is 8.86. The van der Waals surface area contributed by atoms with E-state index in [1.807, 2.05) is 13.8 Å². The summed E-state index contributed by atoms with van der Waals surface area (Å²) in [5.41, 5.74) is 6.74. The van der Waals surface area contributed by atoms with Gasteiger partial charge in [0.05, 0.1) is 12.5 Å². The lowest BCUT2D eigenvalue weighted by Gasteiger charge is -2.13. The van der Waals surface area contributed by atoms with Gasteiger partial charge in [-0.1, -0.05) is 0 Å². The van der Waals surface area contributed by atoms with Crippen LogP contribution in [0.15, 0.2) is 18.2 Å². The standard InChI is InChI=1S/C11H15NO3/c1-7(2)15-10-4-3-9(12)5-8(10)6-11(13)14/h3-5,7H,6,12H2,1-2H3,(H,13,14). The molecule has 0 aromatic heterocycles. The summed E-state index contributed by atoms with van der Waals surface area (Å²) in [4.78, 5) is 10.6. The first-order valence-corrected chi connectivity index (χ1v) is 4.76. The monoisotopic (exact) mass is 209 g/mol. The maximum absolute atomic E-state index is 10.6. The molecule has 0 saturated carbocycles. The molecule has 0 heterocycles. The largest absolute Gasteiger partial charge is 0.491 e. The van der Waals surface area contributed by atoms with Crippen LogP contribution < -0.4 is 10.5 Å². The molecule has 0 aliphatic carbocycles. The molecular formula is C11H15NO3. The lowest BCUT2D eigenvalue weighted by molar-refractivity contribution is -0.136. The number of hydrogen-bond acceptors (Lipinski definition) is 3. The van der Waals surface area contributed by atoms with Crippen LogP contribution in [0.3, 0.4) is 0 Å². The van der Waals surface area contributed by atoms with E-state index in [-0.39, 0.29) is 12.5 Å². The maximum Gasteiger partial charge on any atom is 0.307 e. The number of nitrogen functional groups attached to an aromatic ring is 1. The molecule has 0 bridgehead atoms. The Balaban J connectivity index is 2.97. The highest BCUT2D eigenvalue weighted by Crippen LogP contribution is 2.23. The van der Waals surface area contributed by atoms with Crippen LogP contribution >= 0.6 is 0 Å². The first kappa shape index (κ1) is 11.4. The zero-order chi connectivity index (χ0) is 11.4. The first-order chi connectivity index (χ1) is 6.99. The van der Waals surface area contributed by atoms with Crippen LogP contribution in [0.25, 0.3) is 0 Å². The second-order valence-corrected chi connectivity index (χ2v) is 3.60. The summed E-state index contributed by atoms with van der Waals surface area (Å²) in [6.07, 6.45) is -0.0613. The molecule has 0 radical (unpaired) electrons. The van der Waals surface area contributed by atoms with Crippen LogP contribution in [0, 0.1) is 0 Å². The minimum atomic E-state index is -0.894. The highest BCUT2D eigenvalue weighted by molar-refractivity contribution is 5.72. The number of hydrogen-bond donors (Lipinski definition) is 2. The van der Waals surface area contributed by atoms with Gasteiger partial charge in [-0.25, -0.2) is 0 Å². The number of anilines is 1. The third-order valence-corrected chi connectivity index (χ3v) is 1.79. The molecule has 4 heteroatoms. The van der Waals surface area contributed by atoms with Crippen molar-refractivity contribution in [1.82, 2.24) is 0 Å². The highest BCUT2D eigenvalue weighted by atomic mass is 16.5. The summed E-state index contributed by atoms with van der Waals surface area (Å²) in [6, 6.07) is 5.03. The van der Waals surface area contributed by atoms with Gasteiger partial charge >= 0.3 is 5.97 Å². The van der Waals surface area contributed by atoms with Crippen molar-refractivity contribution < 1.29 is 14.6 Å². The predicted molar refractivity (Wildman–Crippen MR) is 58.0 cm³/mol. The van der Waals surface area contributed by atoms with Crippen molar-refractivity contribution >= 4 is 11.7 Å². The SMILES string of the molecule is CC(C)Oc1ccc(N)cc1CC(=O)O. The molecule has 0 aliphatic rings. The smallest absolute Gasteiger partial charge is 0.307 e. The molecule has 0 saturated heterocycles. The molecule has 0 fully saturated rings. The molecule has 3 N–H and O–H groups in total. The Kier molecular flexibility index (Phi) is 3.55.